The molecule has 1 aromatic rings. The summed E-state index contributed by atoms with van der Waals surface area (Å²) in [5.74, 6) is -1.51. The fourth-order valence-electron chi connectivity index (χ4n) is 1.58. The molecular formula is C12H16F2. The van der Waals surface area contributed by atoms with E-state index >= 15 is 0 Å². The molecule has 0 aliphatic carbocycles. The Bertz CT molecular complexity index is 335. The van der Waals surface area contributed by atoms with E-state index in [1.165, 1.54) is 12.1 Å². The van der Waals surface area contributed by atoms with Crippen molar-refractivity contribution in [2.75, 3.05) is 0 Å². The molecular weight excluding hydrogens is 182 g/mol. The Morgan fingerprint density at radius 3 is 2.00 bits per heavy atom. The van der Waals surface area contributed by atoms with Crippen LogP contribution in [0.2, 0.25) is 0 Å². The second-order valence-corrected chi connectivity index (χ2v) is 4.53. The lowest BCUT2D eigenvalue weighted by molar-refractivity contribution is 0.495. The molecule has 0 nitrogen and oxygen atoms in total. The fourth-order valence-corrected chi connectivity index (χ4v) is 1.58. The molecule has 0 aromatic heterocycles. The second-order valence-electron chi connectivity index (χ2n) is 4.53. The van der Waals surface area contributed by atoms with Gasteiger partial charge in [-0.15, -0.1) is 0 Å². The van der Waals surface area contributed by atoms with E-state index in [1.54, 1.807) is 0 Å². The van der Waals surface area contributed by atoms with E-state index in [0.29, 0.717) is 0 Å². The lowest BCUT2D eigenvalue weighted by Crippen LogP contribution is -2.15. The van der Waals surface area contributed by atoms with Crippen LogP contribution in [0.5, 0.6) is 0 Å². The molecule has 0 unspecified atom stereocenters. The molecule has 1 aromatic carbocycles. The predicted molar refractivity (Wildman–Crippen MR) is 54.4 cm³/mol. The highest BCUT2D eigenvalue weighted by molar-refractivity contribution is 5.34. The molecule has 0 heterocycles. The fraction of sp³-hybridized carbons (Fsp3) is 0.500. The summed E-state index contributed by atoms with van der Waals surface area (Å²) in [5, 5.41) is 0. The molecule has 78 valence electrons. The Balaban J connectivity index is 3.35. The molecule has 0 radical (unpaired) electrons. The molecule has 2 heteroatoms. The van der Waals surface area contributed by atoms with Crippen molar-refractivity contribution in [2.24, 2.45) is 0 Å². The van der Waals surface area contributed by atoms with Crippen LogP contribution >= 0.6 is 0 Å². The molecule has 0 fully saturated rings. The first-order chi connectivity index (χ1) is 6.36. The van der Waals surface area contributed by atoms with Gasteiger partial charge in [0.1, 0.15) is 0 Å². The van der Waals surface area contributed by atoms with E-state index in [4.69, 9.17) is 0 Å². The van der Waals surface area contributed by atoms with Gasteiger partial charge in [0, 0.05) is 0 Å². The smallest absolute Gasteiger partial charge is 0.159 e. The van der Waals surface area contributed by atoms with E-state index < -0.39 is 11.6 Å². The Morgan fingerprint density at radius 1 is 1.07 bits per heavy atom. The Labute approximate surface area is 84.0 Å². The van der Waals surface area contributed by atoms with Crippen LogP contribution in [0.1, 0.15) is 38.8 Å². The maximum absolute atomic E-state index is 13.1. The highest BCUT2D eigenvalue weighted by Crippen LogP contribution is 2.28. The van der Waals surface area contributed by atoms with Crippen molar-refractivity contribution in [3.05, 3.63) is 34.9 Å². The minimum Gasteiger partial charge on any atom is -0.204 e. The molecule has 1 rings (SSSR count). The van der Waals surface area contributed by atoms with Gasteiger partial charge in [0.15, 0.2) is 11.6 Å². The number of aryl methyl sites for hydroxylation is 1. The molecule has 0 aliphatic rings. The normalized spacial score (nSPS) is 11.9. The third kappa shape index (κ3) is 2.11. The van der Waals surface area contributed by atoms with Gasteiger partial charge in [-0.2, -0.15) is 0 Å². The number of halogens is 2. The highest BCUT2D eigenvalue weighted by atomic mass is 19.2. The first kappa shape index (κ1) is 11.2. The van der Waals surface area contributed by atoms with Crippen LogP contribution in [-0.4, -0.2) is 0 Å². The summed E-state index contributed by atoms with van der Waals surface area (Å²) in [6, 6.07) is 2.62. The third-order valence-corrected chi connectivity index (χ3v) is 2.34. The topological polar surface area (TPSA) is 0 Å². The predicted octanol–water partition coefficient (Wildman–Crippen LogP) is 3.82. The number of rotatable bonds is 1. The highest BCUT2D eigenvalue weighted by Gasteiger charge is 2.19. The molecule has 0 saturated heterocycles. The van der Waals surface area contributed by atoms with Gasteiger partial charge in [0.25, 0.3) is 0 Å². The van der Waals surface area contributed by atoms with Crippen molar-refractivity contribution in [1.29, 1.82) is 0 Å². The molecule has 0 saturated carbocycles. The minimum absolute atomic E-state index is 0.139. The van der Waals surface area contributed by atoms with Gasteiger partial charge >= 0.3 is 0 Å². The van der Waals surface area contributed by atoms with Gasteiger partial charge in [-0.1, -0.05) is 27.7 Å². The molecule has 0 atom stereocenters. The van der Waals surface area contributed by atoms with Crippen LogP contribution in [0, 0.1) is 11.6 Å². The van der Waals surface area contributed by atoms with Gasteiger partial charge in [-0.05, 0) is 35.1 Å². The van der Waals surface area contributed by atoms with Crippen LogP contribution < -0.4 is 0 Å². The Kier molecular flexibility index (Phi) is 2.93. The number of hydrogen-bond donors (Lipinski definition) is 0. The lowest BCUT2D eigenvalue weighted by Gasteiger charge is -2.22. The molecule has 0 aliphatic heterocycles. The summed E-state index contributed by atoms with van der Waals surface area (Å²) in [5.41, 5.74) is 1.63. The van der Waals surface area contributed by atoms with Crippen LogP contribution in [0.15, 0.2) is 12.1 Å². The van der Waals surface area contributed by atoms with Gasteiger partial charge in [0.05, 0.1) is 0 Å². The summed E-state index contributed by atoms with van der Waals surface area (Å²) >= 11 is 0. The summed E-state index contributed by atoms with van der Waals surface area (Å²) in [6.45, 7) is 7.94. The zero-order chi connectivity index (χ0) is 10.9. The van der Waals surface area contributed by atoms with E-state index in [1.807, 2.05) is 27.7 Å². The Morgan fingerprint density at radius 2 is 1.57 bits per heavy atom. The van der Waals surface area contributed by atoms with Crippen molar-refractivity contribution in [2.45, 2.75) is 39.5 Å². The number of benzene rings is 1. The molecule has 0 spiro atoms. The second kappa shape index (κ2) is 3.68. The van der Waals surface area contributed by atoms with Crippen LogP contribution in [-0.2, 0) is 11.8 Å². The standard InChI is InChI=1S/C12H16F2/c1-5-8-6-10(13)11(14)7-9(8)12(2,3)4/h6-7H,5H2,1-4H3. The van der Waals surface area contributed by atoms with Crippen LogP contribution in [0.25, 0.3) is 0 Å². The van der Waals surface area contributed by atoms with Crippen molar-refractivity contribution >= 4 is 0 Å². The first-order valence-corrected chi connectivity index (χ1v) is 4.84. The largest absolute Gasteiger partial charge is 0.204 e. The van der Waals surface area contributed by atoms with Crippen molar-refractivity contribution in [3.8, 4) is 0 Å². The van der Waals surface area contributed by atoms with E-state index in [-0.39, 0.29) is 5.41 Å². The van der Waals surface area contributed by atoms with Crippen LogP contribution in [0.4, 0.5) is 8.78 Å². The summed E-state index contributed by atoms with van der Waals surface area (Å²) in [7, 11) is 0. The lowest BCUT2D eigenvalue weighted by atomic mass is 9.83. The maximum Gasteiger partial charge on any atom is 0.159 e. The third-order valence-electron chi connectivity index (χ3n) is 2.34. The van der Waals surface area contributed by atoms with Gasteiger partial charge in [-0.3, -0.25) is 0 Å². The Hall–Kier alpha value is -0.920. The van der Waals surface area contributed by atoms with E-state index in [9.17, 15) is 8.78 Å². The van der Waals surface area contributed by atoms with Crippen molar-refractivity contribution in [1.82, 2.24) is 0 Å². The van der Waals surface area contributed by atoms with Crippen molar-refractivity contribution < 1.29 is 8.78 Å². The van der Waals surface area contributed by atoms with Gasteiger partial charge in [0.2, 0.25) is 0 Å². The van der Waals surface area contributed by atoms with Gasteiger partial charge in [-0.25, -0.2) is 8.78 Å². The monoisotopic (exact) mass is 198 g/mol. The first-order valence-electron chi connectivity index (χ1n) is 4.84. The van der Waals surface area contributed by atoms with E-state index in [2.05, 4.69) is 0 Å². The molecule has 14 heavy (non-hydrogen) atoms. The zero-order valence-corrected chi connectivity index (χ0v) is 9.12. The molecule has 0 bridgehead atoms. The summed E-state index contributed by atoms with van der Waals surface area (Å²) in [4.78, 5) is 0. The van der Waals surface area contributed by atoms with Gasteiger partial charge < -0.3 is 0 Å². The summed E-state index contributed by atoms with van der Waals surface area (Å²) < 4.78 is 26.0. The van der Waals surface area contributed by atoms with E-state index in [0.717, 1.165) is 17.5 Å². The minimum atomic E-state index is -0.757. The quantitative estimate of drug-likeness (QED) is 0.643. The summed E-state index contributed by atoms with van der Waals surface area (Å²) in [6.07, 6.45) is 0.726. The molecule has 0 N–H and O–H groups in total. The zero-order valence-electron chi connectivity index (χ0n) is 9.12. The molecule has 0 amide bonds. The average molecular weight is 198 g/mol. The van der Waals surface area contributed by atoms with Crippen LogP contribution in [0.3, 0.4) is 0 Å². The SMILES string of the molecule is CCc1cc(F)c(F)cc1C(C)(C)C. The van der Waals surface area contributed by atoms with Crippen molar-refractivity contribution in [3.63, 3.8) is 0 Å². The number of hydrogen-bond acceptors (Lipinski definition) is 0. The maximum atomic E-state index is 13.1. The average Bonchev–Trinajstić information content (AvgIpc) is 2.07.